The number of rotatable bonds is 4. The lowest BCUT2D eigenvalue weighted by molar-refractivity contribution is -0.139. The normalized spacial score (nSPS) is 26.6. The number of nitrogens with zero attached hydrogens (tertiary/aromatic N) is 1. The summed E-state index contributed by atoms with van der Waals surface area (Å²) in [5.74, 6) is -1.40. The number of hydrogen-bond donors (Lipinski definition) is 2. The summed E-state index contributed by atoms with van der Waals surface area (Å²) in [6.45, 7) is 0. The van der Waals surface area contributed by atoms with E-state index in [0.717, 1.165) is 5.69 Å². The van der Waals surface area contributed by atoms with Crippen LogP contribution in [0.25, 0.3) is 0 Å². The van der Waals surface area contributed by atoms with Gasteiger partial charge in [0.05, 0.1) is 17.5 Å². The predicted molar refractivity (Wildman–Crippen MR) is 62.0 cm³/mol. The first-order valence-corrected chi connectivity index (χ1v) is 6.52. The summed E-state index contributed by atoms with van der Waals surface area (Å²) in [5.41, 5.74) is 1.05. The van der Waals surface area contributed by atoms with Gasteiger partial charge in [-0.05, 0) is 19.3 Å². The molecule has 2 fully saturated rings. The second-order valence-corrected chi connectivity index (χ2v) is 5.49. The van der Waals surface area contributed by atoms with Crippen LogP contribution in [0.5, 0.6) is 0 Å². The van der Waals surface area contributed by atoms with Crippen molar-refractivity contribution in [2.24, 2.45) is 11.8 Å². The highest BCUT2D eigenvalue weighted by Gasteiger charge is 2.48. The van der Waals surface area contributed by atoms with Crippen molar-refractivity contribution >= 4 is 28.3 Å². The molecule has 0 aromatic carbocycles. The van der Waals surface area contributed by atoms with Crippen LogP contribution in [0.3, 0.4) is 0 Å². The lowest BCUT2D eigenvalue weighted by atomic mass is 10.3. The quantitative estimate of drug-likeness (QED) is 0.854. The second-order valence-electron chi connectivity index (χ2n) is 4.63. The number of aliphatic carboxylic acids is 1. The predicted octanol–water partition coefficient (Wildman–Crippen LogP) is 1.68. The topological polar surface area (TPSA) is 79.3 Å². The maximum absolute atomic E-state index is 11.7. The number of nitrogens with one attached hydrogen (secondary N) is 1. The number of carboxylic acid groups (broad SMARTS) is 1. The largest absolute Gasteiger partial charge is 0.481 e. The molecule has 2 unspecified atom stereocenters. The molecule has 3 rings (SSSR count). The van der Waals surface area contributed by atoms with Gasteiger partial charge in [-0.15, -0.1) is 11.3 Å². The van der Waals surface area contributed by atoms with Crippen LogP contribution in [0.4, 0.5) is 5.13 Å². The number of aromatic nitrogens is 1. The second kappa shape index (κ2) is 3.80. The number of anilines is 1. The van der Waals surface area contributed by atoms with Crippen LogP contribution in [-0.4, -0.2) is 22.0 Å². The van der Waals surface area contributed by atoms with E-state index in [1.54, 1.807) is 0 Å². The summed E-state index contributed by atoms with van der Waals surface area (Å²) in [4.78, 5) is 26.6. The zero-order valence-corrected chi connectivity index (χ0v) is 9.87. The molecule has 17 heavy (non-hydrogen) atoms. The fourth-order valence-corrected chi connectivity index (χ4v) is 2.66. The average Bonchev–Trinajstić information content (AvgIpc) is 3.17. The first-order valence-electron chi connectivity index (χ1n) is 5.64. The zero-order valence-electron chi connectivity index (χ0n) is 9.05. The molecule has 6 heteroatoms. The van der Waals surface area contributed by atoms with Crippen molar-refractivity contribution in [3.63, 3.8) is 0 Å². The van der Waals surface area contributed by atoms with E-state index >= 15 is 0 Å². The highest BCUT2D eigenvalue weighted by Crippen LogP contribution is 2.42. The number of thiazole rings is 1. The van der Waals surface area contributed by atoms with Crippen LogP contribution >= 0.6 is 11.3 Å². The molecule has 0 spiro atoms. The molecule has 2 aliphatic carbocycles. The van der Waals surface area contributed by atoms with Crippen molar-refractivity contribution in [3.05, 3.63) is 11.1 Å². The zero-order chi connectivity index (χ0) is 12.0. The van der Waals surface area contributed by atoms with Crippen LogP contribution in [0.15, 0.2) is 5.38 Å². The highest BCUT2D eigenvalue weighted by atomic mass is 32.1. The van der Waals surface area contributed by atoms with Crippen LogP contribution < -0.4 is 5.32 Å². The summed E-state index contributed by atoms with van der Waals surface area (Å²) >= 11 is 1.41. The van der Waals surface area contributed by atoms with Crippen molar-refractivity contribution < 1.29 is 14.7 Å². The average molecular weight is 252 g/mol. The Morgan fingerprint density at radius 2 is 2.18 bits per heavy atom. The Hall–Kier alpha value is -1.43. The molecule has 5 nitrogen and oxygen atoms in total. The third kappa shape index (κ3) is 2.17. The SMILES string of the molecule is O=C(O)C1CC1C(=O)Nc1nc(C2CC2)cs1. The van der Waals surface area contributed by atoms with Crippen LogP contribution in [-0.2, 0) is 9.59 Å². The van der Waals surface area contributed by atoms with Gasteiger partial charge in [-0.25, -0.2) is 4.98 Å². The Labute approximate surface area is 102 Å². The number of carbonyl (C=O) groups excluding carboxylic acids is 1. The van der Waals surface area contributed by atoms with E-state index in [2.05, 4.69) is 10.3 Å². The third-order valence-electron chi connectivity index (χ3n) is 3.19. The molecule has 2 N–H and O–H groups in total. The Balaban J connectivity index is 1.59. The van der Waals surface area contributed by atoms with Gasteiger partial charge in [0.15, 0.2) is 5.13 Å². The maximum atomic E-state index is 11.7. The minimum atomic E-state index is -0.886. The van der Waals surface area contributed by atoms with Gasteiger partial charge in [-0.3, -0.25) is 9.59 Å². The van der Waals surface area contributed by atoms with E-state index < -0.39 is 11.9 Å². The minimum Gasteiger partial charge on any atom is -0.481 e. The molecule has 0 saturated heterocycles. The van der Waals surface area contributed by atoms with E-state index in [9.17, 15) is 9.59 Å². The molecule has 0 aliphatic heterocycles. The standard InChI is InChI=1S/C11H12N2O3S/c14-9(6-3-7(6)10(15)16)13-11-12-8(4-17-11)5-1-2-5/h4-7H,1-3H2,(H,15,16)(H,12,13,14). The van der Waals surface area contributed by atoms with Gasteiger partial charge in [0, 0.05) is 11.3 Å². The lowest BCUT2D eigenvalue weighted by Gasteiger charge is -1.98. The smallest absolute Gasteiger partial charge is 0.307 e. The van der Waals surface area contributed by atoms with Gasteiger partial charge < -0.3 is 10.4 Å². The summed E-state index contributed by atoms with van der Waals surface area (Å²) in [5, 5.41) is 14.0. The molecular weight excluding hydrogens is 240 g/mol. The summed E-state index contributed by atoms with van der Waals surface area (Å²) in [6, 6.07) is 0. The van der Waals surface area contributed by atoms with Crippen molar-refractivity contribution in [1.29, 1.82) is 0 Å². The lowest BCUT2D eigenvalue weighted by Crippen LogP contribution is -2.16. The Kier molecular flexibility index (Phi) is 2.39. The van der Waals surface area contributed by atoms with E-state index in [4.69, 9.17) is 5.11 Å². The molecule has 2 atom stereocenters. The highest BCUT2D eigenvalue weighted by molar-refractivity contribution is 7.13. The fourth-order valence-electron chi connectivity index (χ4n) is 1.87. The summed E-state index contributed by atoms with van der Waals surface area (Å²) in [6.07, 6.45) is 2.81. The molecule has 1 aromatic rings. The first kappa shape index (κ1) is 10.7. The Morgan fingerprint density at radius 1 is 1.41 bits per heavy atom. The molecule has 90 valence electrons. The van der Waals surface area contributed by atoms with E-state index in [-0.39, 0.29) is 11.8 Å². The fraction of sp³-hybridized carbons (Fsp3) is 0.545. The van der Waals surface area contributed by atoms with E-state index in [1.165, 1.54) is 24.2 Å². The van der Waals surface area contributed by atoms with Gasteiger partial charge in [-0.2, -0.15) is 0 Å². The van der Waals surface area contributed by atoms with Crippen molar-refractivity contribution in [1.82, 2.24) is 4.98 Å². The molecule has 1 amide bonds. The molecular formula is C11H12N2O3S. The molecule has 2 saturated carbocycles. The Morgan fingerprint density at radius 3 is 2.76 bits per heavy atom. The summed E-state index contributed by atoms with van der Waals surface area (Å²) in [7, 11) is 0. The monoisotopic (exact) mass is 252 g/mol. The number of carboxylic acids is 1. The van der Waals surface area contributed by atoms with Crippen molar-refractivity contribution in [3.8, 4) is 0 Å². The number of amides is 1. The summed E-state index contributed by atoms with van der Waals surface area (Å²) < 4.78 is 0. The number of hydrogen-bond acceptors (Lipinski definition) is 4. The van der Waals surface area contributed by atoms with Crippen LogP contribution in [0, 0.1) is 11.8 Å². The molecule has 0 bridgehead atoms. The van der Waals surface area contributed by atoms with Gasteiger partial charge in [0.25, 0.3) is 0 Å². The van der Waals surface area contributed by atoms with Gasteiger partial charge in [-0.1, -0.05) is 0 Å². The minimum absolute atomic E-state index is 0.214. The Bertz CT molecular complexity index is 481. The van der Waals surface area contributed by atoms with Gasteiger partial charge in [0.1, 0.15) is 0 Å². The first-order chi connectivity index (χ1) is 8.15. The van der Waals surface area contributed by atoms with Crippen molar-refractivity contribution in [2.45, 2.75) is 25.2 Å². The maximum Gasteiger partial charge on any atom is 0.307 e. The molecule has 1 aromatic heterocycles. The van der Waals surface area contributed by atoms with E-state index in [0.29, 0.717) is 17.5 Å². The number of carbonyl (C=O) groups is 2. The van der Waals surface area contributed by atoms with Crippen LogP contribution in [0.1, 0.15) is 30.9 Å². The third-order valence-corrected chi connectivity index (χ3v) is 3.97. The molecule has 2 aliphatic rings. The van der Waals surface area contributed by atoms with E-state index in [1.807, 2.05) is 5.38 Å². The van der Waals surface area contributed by atoms with Crippen molar-refractivity contribution in [2.75, 3.05) is 5.32 Å². The van der Waals surface area contributed by atoms with Gasteiger partial charge in [0.2, 0.25) is 5.91 Å². The van der Waals surface area contributed by atoms with Crippen LogP contribution in [0.2, 0.25) is 0 Å². The molecule has 0 radical (unpaired) electrons. The van der Waals surface area contributed by atoms with Gasteiger partial charge >= 0.3 is 5.97 Å². The molecule has 1 heterocycles.